The maximum atomic E-state index is 14.0. The fourth-order valence-electron chi connectivity index (χ4n) is 11.1. The maximum Gasteiger partial charge on any atom is 0.257 e. The topological polar surface area (TPSA) is 266 Å². The predicted molar refractivity (Wildman–Crippen MR) is 308 cm³/mol. The average Bonchev–Trinajstić information content (AvgIpc) is 3.18. The lowest BCUT2D eigenvalue weighted by Crippen LogP contribution is -2.53. The molecule has 3 aromatic carbocycles. The lowest BCUT2D eigenvalue weighted by Gasteiger charge is -2.37. The molecule has 0 radical (unpaired) electrons. The Morgan fingerprint density at radius 2 is 1.46 bits per heavy atom. The third kappa shape index (κ3) is 16.1. The molecule has 8 rings (SSSR count). The first kappa shape index (κ1) is 61.0. The first-order valence-corrected chi connectivity index (χ1v) is 28.7. The number of anilines is 2. The quantitative estimate of drug-likeness (QED) is 0.0318. The summed E-state index contributed by atoms with van der Waals surface area (Å²) in [7, 11) is 0. The number of hydrogen-bond donors (Lipinski definition) is 7. The van der Waals surface area contributed by atoms with Gasteiger partial charge in [0.1, 0.15) is 6.04 Å². The number of imide groups is 1. The van der Waals surface area contributed by atoms with E-state index in [0.29, 0.717) is 94.3 Å². The normalized spacial score (nSPS) is 17.8. The monoisotopic (exact) mass is 1130 g/mol. The molecule has 4 aliphatic rings. The van der Waals surface area contributed by atoms with Crippen LogP contribution in [0, 0.1) is 20.8 Å². The number of aromatic nitrogens is 1. The molecule has 22 nitrogen and oxygen atoms in total. The highest BCUT2D eigenvalue weighted by molar-refractivity contribution is 6.06. The van der Waals surface area contributed by atoms with Gasteiger partial charge >= 0.3 is 0 Å². The van der Waals surface area contributed by atoms with E-state index in [9.17, 15) is 38.7 Å². The van der Waals surface area contributed by atoms with Crippen LogP contribution in [0.5, 0.6) is 0 Å². The fraction of sp³-hybridized carbons (Fsp3) is 0.517. The fourth-order valence-corrected chi connectivity index (χ4v) is 11.1. The molecule has 1 aromatic heterocycles. The number of benzene rings is 3. The van der Waals surface area contributed by atoms with Crippen molar-refractivity contribution in [3.8, 4) is 11.1 Å². The van der Waals surface area contributed by atoms with Crippen LogP contribution >= 0.6 is 0 Å². The predicted octanol–water partition coefficient (Wildman–Crippen LogP) is 3.06. The van der Waals surface area contributed by atoms with Crippen molar-refractivity contribution in [3.05, 3.63) is 116 Å². The zero-order valence-corrected chi connectivity index (χ0v) is 47.7. The molecule has 3 fully saturated rings. The van der Waals surface area contributed by atoms with Crippen LogP contribution in [0.25, 0.3) is 11.1 Å². The number of H-pyrrole nitrogens is 1. The summed E-state index contributed by atoms with van der Waals surface area (Å²) in [6.45, 7) is 17.4. The summed E-state index contributed by atoms with van der Waals surface area (Å²) in [4.78, 5) is 100. The number of pyridine rings is 1. The maximum absolute atomic E-state index is 14.0. The molecule has 22 heteroatoms. The largest absolute Gasteiger partial charge is 0.383 e. The molecule has 0 aliphatic carbocycles. The second-order valence-corrected chi connectivity index (χ2v) is 21.2. The Bertz CT molecular complexity index is 2940. The summed E-state index contributed by atoms with van der Waals surface area (Å²) in [5, 5.41) is 25.2. The summed E-state index contributed by atoms with van der Waals surface area (Å²) in [6, 6.07) is 18.9. The lowest BCUT2D eigenvalue weighted by molar-refractivity contribution is -0.139. The van der Waals surface area contributed by atoms with E-state index < -0.39 is 30.0 Å². The van der Waals surface area contributed by atoms with Crippen molar-refractivity contribution in [1.29, 1.82) is 0 Å². The number of nitrogens with zero attached hydrogens (tertiary/aromatic N) is 4. The Morgan fingerprint density at radius 3 is 2.17 bits per heavy atom. The molecule has 0 spiro atoms. The Hall–Kier alpha value is -7.05. The van der Waals surface area contributed by atoms with Crippen molar-refractivity contribution in [2.45, 2.75) is 91.2 Å². The first-order valence-electron chi connectivity index (χ1n) is 28.7. The third-order valence-corrected chi connectivity index (χ3v) is 15.5. The number of hydrogen-bond acceptors (Lipinski definition) is 16. The molecule has 3 saturated heterocycles. The number of amides is 6. The van der Waals surface area contributed by atoms with Crippen molar-refractivity contribution in [1.82, 2.24) is 41.0 Å². The van der Waals surface area contributed by atoms with Crippen LogP contribution in [0.3, 0.4) is 0 Å². The van der Waals surface area contributed by atoms with Crippen molar-refractivity contribution >= 4 is 46.8 Å². The Morgan fingerprint density at radius 1 is 0.768 bits per heavy atom. The van der Waals surface area contributed by atoms with Crippen molar-refractivity contribution < 1.29 is 52.8 Å². The number of ether oxygens (including phenoxy) is 4. The number of piperazine rings is 1. The number of carbonyl (C=O) groups is 6. The van der Waals surface area contributed by atoms with Crippen LogP contribution < -0.4 is 37.0 Å². The van der Waals surface area contributed by atoms with E-state index in [1.807, 2.05) is 32.9 Å². The smallest absolute Gasteiger partial charge is 0.257 e. The third-order valence-electron chi connectivity index (χ3n) is 15.5. The van der Waals surface area contributed by atoms with Gasteiger partial charge in [-0.25, -0.2) is 0 Å². The van der Waals surface area contributed by atoms with Gasteiger partial charge < -0.3 is 55.2 Å². The van der Waals surface area contributed by atoms with Gasteiger partial charge in [-0.2, -0.15) is 0 Å². The summed E-state index contributed by atoms with van der Waals surface area (Å²) < 4.78 is 22.4. The van der Waals surface area contributed by atoms with Gasteiger partial charge in [-0.3, -0.25) is 53.6 Å². The van der Waals surface area contributed by atoms with E-state index in [4.69, 9.17) is 18.9 Å². The van der Waals surface area contributed by atoms with Gasteiger partial charge in [0.05, 0.1) is 46.2 Å². The standard InChI is InChI=1S/C60H80N10O12/c1-5-69(45-15-25-79-26-16-45)51-35-44(34-47(41(51)4)56(74)64-36-48-39(2)33-40(3)65-57(48)75)43-11-9-42(10-12-43)37-67-21-23-68(24-22-67)38-54(73)63-20-28-81-30-32-82-31-29-80-27-17-52(71)62-19-18-61-49-8-6-7-46-55(49)60(78)70(59(46)77)50-13-14-53(72)66-58(50)76/h6-12,33-35,45,50,60-61,78H,5,13-32,36-38H2,1-4H3,(H,62,71)(H,63,73)(H,64,74)(H,65,75)(H,66,72,76)/t50?,60-/m1/s1. The number of aromatic amines is 1. The molecule has 5 heterocycles. The zero-order valence-electron chi connectivity index (χ0n) is 47.7. The van der Waals surface area contributed by atoms with Gasteiger partial charge in [0, 0.05) is 137 Å². The van der Waals surface area contributed by atoms with Crippen LogP contribution in [0.4, 0.5) is 11.4 Å². The molecular weight excluding hydrogens is 1050 g/mol. The number of aliphatic hydroxyl groups excluding tert-OH is 1. The van der Waals surface area contributed by atoms with Crippen LogP contribution in [-0.2, 0) is 51.2 Å². The van der Waals surface area contributed by atoms with Gasteiger partial charge in [-0.15, -0.1) is 0 Å². The number of piperidine rings is 1. The second kappa shape index (κ2) is 29.8. The highest BCUT2D eigenvalue weighted by Crippen LogP contribution is 2.40. The van der Waals surface area contributed by atoms with E-state index in [1.54, 1.807) is 18.2 Å². The molecule has 442 valence electrons. The average molecular weight is 1130 g/mol. The van der Waals surface area contributed by atoms with Crippen LogP contribution in [0.2, 0.25) is 0 Å². The number of carbonyl (C=O) groups excluding carboxylic acids is 6. The molecule has 7 N–H and O–H groups in total. The molecule has 4 aromatic rings. The minimum Gasteiger partial charge on any atom is -0.383 e. The summed E-state index contributed by atoms with van der Waals surface area (Å²) >= 11 is 0. The van der Waals surface area contributed by atoms with E-state index in [-0.39, 0.29) is 67.8 Å². The van der Waals surface area contributed by atoms with Crippen molar-refractivity contribution in [3.63, 3.8) is 0 Å². The van der Waals surface area contributed by atoms with E-state index in [1.165, 1.54) is 5.56 Å². The Kier molecular flexibility index (Phi) is 22.2. The number of fused-ring (bicyclic) bond motifs is 1. The molecular formula is C60H80N10O12. The van der Waals surface area contributed by atoms with Gasteiger partial charge in [-0.1, -0.05) is 30.3 Å². The molecule has 0 saturated carbocycles. The summed E-state index contributed by atoms with van der Waals surface area (Å²) in [5.41, 5.74) is 8.73. The molecule has 82 heavy (non-hydrogen) atoms. The zero-order chi connectivity index (χ0) is 58.1. The molecule has 4 aliphatic heterocycles. The first-order chi connectivity index (χ1) is 39.7. The highest BCUT2D eigenvalue weighted by Gasteiger charge is 2.45. The number of aryl methyl sites for hydroxylation is 2. The Labute approximate surface area is 478 Å². The van der Waals surface area contributed by atoms with Crippen LogP contribution in [-0.4, -0.2) is 184 Å². The highest BCUT2D eigenvalue weighted by atomic mass is 16.5. The molecule has 2 atom stereocenters. The second-order valence-electron chi connectivity index (χ2n) is 21.2. The lowest BCUT2D eigenvalue weighted by atomic mass is 9.94. The van der Waals surface area contributed by atoms with Gasteiger partial charge in [0.2, 0.25) is 23.6 Å². The van der Waals surface area contributed by atoms with E-state index >= 15 is 0 Å². The van der Waals surface area contributed by atoms with Gasteiger partial charge in [0.15, 0.2) is 6.23 Å². The van der Waals surface area contributed by atoms with Crippen molar-refractivity contribution in [2.75, 3.05) is 122 Å². The molecule has 1 unspecified atom stereocenters. The van der Waals surface area contributed by atoms with E-state index in [0.717, 1.165) is 90.6 Å². The van der Waals surface area contributed by atoms with Crippen molar-refractivity contribution in [2.24, 2.45) is 0 Å². The van der Waals surface area contributed by atoms with Gasteiger partial charge in [-0.05, 0) is 105 Å². The summed E-state index contributed by atoms with van der Waals surface area (Å²) in [6.07, 6.45) is 0.820. The summed E-state index contributed by atoms with van der Waals surface area (Å²) in [5.74, 6) is -1.99. The number of nitrogens with one attached hydrogen (secondary N) is 6. The minimum atomic E-state index is -1.36. The van der Waals surface area contributed by atoms with Crippen LogP contribution in [0.15, 0.2) is 65.5 Å². The van der Waals surface area contributed by atoms with Gasteiger partial charge in [0.25, 0.3) is 17.4 Å². The minimum absolute atomic E-state index is 0.0474. The SMILES string of the molecule is CCN(c1cc(-c2ccc(CN3CCN(CC(=O)NCCOCCOCCOCCC(=O)NCCNc4cccc5c4[C@@H](O)N(C4CCC(=O)NC4=O)C5=O)CC3)cc2)cc(C(=O)NCc2c(C)cc(C)[nH]c2=O)c1C)C1CCOCC1. The molecule has 0 bridgehead atoms. The molecule has 6 amide bonds. The Balaban J connectivity index is 0.666. The van der Waals surface area contributed by atoms with E-state index in [2.05, 4.69) is 83.5 Å². The number of aliphatic hydroxyl groups is 1. The van der Waals surface area contributed by atoms with Crippen LogP contribution in [0.1, 0.15) is 99.5 Å². The number of rotatable bonds is 28.